The highest BCUT2D eigenvalue weighted by molar-refractivity contribution is 5.28. The number of hydrogen-bond acceptors (Lipinski definition) is 1. The molecule has 0 heterocycles. The lowest BCUT2D eigenvalue weighted by atomic mass is 9.78. The van der Waals surface area contributed by atoms with Crippen molar-refractivity contribution in [2.45, 2.75) is 32.7 Å². The van der Waals surface area contributed by atoms with Crippen molar-refractivity contribution < 1.29 is 13.2 Å². The van der Waals surface area contributed by atoms with Gasteiger partial charge >= 0.3 is 0 Å². The first-order valence-corrected chi connectivity index (χ1v) is 5.27. The van der Waals surface area contributed by atoms with E-state index in [9.17, 15) is 13.2 Å². The van der Waals surface area contributed by atoms with Gasteiger partial charge in [-0.25, -0.2) is 13.2 Å². The minimum atomic E-state index is -1.46. The molecule has 0 aliphatic rings. The van der Waals surface area contributed by atoms with Gasteiger partial charge in [0.05, 0.1) is 0 Å². The second kappa shape index (κ2) is 4.45. The van der Waals surface area contributed by atoms with Gasteiger partial charge < -0.3 is 5.73 Å². The molecular weight excluding hydrogens is 215 g/mol. The van der Waals surface area contributed by atoms with Gasteiger partial charge in [0.2, 0.25) is 0 Å². The zero-order valence-corrected chi connectivity index (χ0v) is 9.65. The predicted molar refractivity (Wildman–Crippen MR) is 57.3 cm³/mol. The Hall–Kier alpha value is -1.03. The molecule has 1 aromatic carbocycles. The molecule has 0 spiro atoms. The van der Waals surface area contributed by atoms with Crippen LogP contribution in [0.25, 0.3) is 0 Å². The third-order valence-corrected chi connectivity index (χ3v) is 3.15. The number of halogens is 3. The highest BCUT2D eigenvalue weighted by atomic mass is 19.2. The van der Waals surface area contributed by atoms with E-state index < -0.39 is 23.0 Å². The van der Waals surface area contributed by atoms with Crippen molar-refractivity contribution in [2.24, 2.45) is 11.7 Å². The molecule has 4 heteroatoms. The van der Waals surface area contributed by atoms with Crippen molar-refractivity contribution in [1.29, 1.82) is 0 Å². The molecule has 0 aliphatic heterocycles. The molecule has 0 saturated heterocycles. The average molecular weight is 231 g/mol. The molecule has 0 aliphatic carbocycles. The van der Waals surface area contributed by atoms with E-state index in [0.29, 0.717) is 6.42 Å². The van der Waals surface area contributed by atoms with E-state index in [0.717, 1.165) is 6.07 Å². The molecule has 0 amide bonds. The quantitative estimate of drug-likeness (QED) is 0.793. The van der Waals surface area contributed by atoms with E-state index in [4.69, 9.17) is 5.73 Å². The molecule has 0 saturated carbocycles. The standard InChI is InChI=1S/C12H16F3N/c1-4-12(16,7(2)3)8-5-6-9(13)11(15)10(8)14/h5-7H,4,16H2,1-3H3. The average Bonchev–Trinajstić information content (AvgIpc) is 2.25. The topological polar surface area (TPSA) is 26.0 Å². The Morgan fingerprint density at radius 1 is 1.19 bits per heavy atom. The summed E-state index contributed by atoms with van der Waals surface area (Å²) in [6, 6.07) is 2.13. The van der Waals surface area contributed by atoms with Crippen LogP contribution >= 0.6 is 0 Å². The Balaban J connectivity index is 3.38. The van der Waals surface area contributed by atoms with E-state index in [1.165, 1.54) is 6.07 Å². The van der Waals surface area contributed by atoms with Crippen LogP contribution < -0.4 is 5.73 Å². The van der Waals surface area contributed by atoms with Gasteiger partial charge in [0, 0.05) is 11.1 Å². The van der Waals surface area contributed by atoms with Crippen LogP contribution in [0.4, 0.5) is 13.2 Å². The first-order chi connectivity index (χ1) is 7.34. The summed E-state index contributed by atoms with van der Waals surface area (Å²) in [6.45, 7) is 5.44. The predicted octanol–water partition coefficient (Wildman–Crippen LogP) is 3.32. The molecule has 2 N–H and O–H groups in total. The maximum Gasteiger partial charge on any atom is 0.194 e. The first-order valence-electron chi connectivity index (χ1n) is 5.27. The Morgan fingerprint density at radius 2 is 1.75 bits per heavy atom. The van der Waals surface area contributed by atoms with Gasteiger partial charge in [-0.1, -0.05) is 26.8 Å². The van der Waals surface area contributed by atoms with E-state index in [1.54, 1.807) is 6.92 Å². The van der Waals surface area contributed by atoms with Gasteiger partial charge in [-0.3, -0.25) is 0 Å². The van der Waals surface area contributed by atoms with Crippen LogP contribution in [0, 0.1) is 23.4 Å². The summed E-state index contributed by atoms with van der Waals surface area (Å²) in [5.74, 6) is -3.90. The summed E-state index contributed by atoms with van der Waals surface area (Å²) >= 11 is 0. The summed E-state index contributed by atoms with van der Waals surface area (Å²) in [4.78, 5) is 0. The SMILES string of the molecule is CCC(N)(c1ccc(F)c(F)c1F)C(C)C. The minimum Gasteiger partial charge on any atom is -0.321 e. The fourth-order valence-corrected chi connectivity index (χ4v) is 1.80. The van der Waals surface area contributed by atoms with Crippen LogP contribution in [0.1, 0.15) is 32.8 Å². The second-order valence-corrected chi connectivity index (χ2v) is 4.27. The molecule has 1 nitrogen and oxygen atoms in total. The van der Waals surface area contributed by atoms with Crippen molar-refractivity contribution in [1.82, 2.24) is 0 Å². The van der Waals surface area contributed by atoms with Crippen LogP contribution in [0.2, 0.25) is 0 Å². The summed E-state index contributed by atoms with van der Waals surface area (Å²) in [5, 5.41) is 0. The first kappa shape index (κ1) is 13.0. The Bertz CT molecular complexity index is 390. The van der Waals surface area contributed by atoms with Crippen LogP contribution in [-0.4, -0.2) is 0 Å². The molecule has 1 aromatic rings. The number of nitrogens with two attached hydrogens (primary N) is 1. The summed E-state index contributed by atoms with van der Waals surface area (Å²) in [7, 11) is 0. The molecule has 0 fully saturated rings. The Labute approximate surface area is 93.5 Å². The third kappa shape index (κ3) is 1.94. The zero-order chi connectivity index (χ0) is 12.5. The highest BCUT2D eigenvalue weighted by Crippen LogP contribution is 2.33. The van der Waals surface area contributed by atoms with Crippen LogP contribution in [-0.2, 0) is 5.54 Å². The van der Waals surface area contributed by atoms with E-state index in [-0.39, 0.29) is 11.5 Å². The molecule has 1 rings (SSSR count). The molecule has 90 valence electrons. The maximum absolute atomic E-state index is 13.6. The van der Waals surface area contributed by atoms with Crippen LogP contribution in [0.15, 0.2) is 12.1 Å². The third-order valence-electron chi connectivity index (χ3n) is 3.15. The molecule has 1 unspecified atom stereocenters. The maximum atomic E-state index is 13.6. The summed E-state index contributed by atoms with van der Waals surface area (Å²) < 4.78 is 39.5. The molecule has 0 radical (unpaired) electrons. The zero-order valence-electron chi connectivity index (χ0n) is 9.65. The molecule has 0 aromatic heterocycles. The van der Waals surface area contributed by atoms with Crippen molar-refractivity contribution in [2.75, 3.05) is 0 Å². The minimum absolute atomic E-state index is 0.0314. The van der Waals surface area contributed by atoms with E-state index >= 15 is 0 Å². The van der Waals surface area contributed by atoms with Crippen molar-refractivity contribution >= 4 is 0 Å². The fourth-order valence-electron chi connectivity index (χ4n) is 1.80. The van der Waals surface area contributed by atoms with Crippen LogP contribution in [0.3, 0.4) is 0 Å². The number of hydrogen-bond donors (Lipinski definition) is 1. The summed E-state index contributed by atoms with van der Waals surface area (Å²) in [6.07, 6.45) is 0.451. The van der Waals surface area contributed by atoms with Crippen molar-refractivity contribution in [3.63, 3.8) is 0 Å². The monoisotopic (exact) mass is 231 g/mol. The van der Waals surface area contributed by atoms with Crippen molar-refractivity contribution in [3.8, 4) is 0 Å². The fraction of sp³-hybridized carbons (Fsp3) is 0.500. The Kier molecular flexibility index (Phi) is 3.63. The van der Waals surface area contributed by atoms with Gasteiger partial charge in [-0.2, -0.15) is 0 Å². The lowest BCUT2D eigenvalue weighted by Gasteiger charge is -2.33. The Morgan fingerprint density at radius 3 is 2.19 bits per heavy atom. The normalized spacial score (nSPS) is 15.2. The molecule has 1 atom stereocenters. The van der Waals surface area contributed by atoms with Gasteiger partial charge in [0.1, 0.15) is 0 Å². The lowest BCUT2D eigenvalue weighted by Crippen LogP contribution is -2.42. The van der Waals surface area contributed by atoms with E-state index in [1.807, 2.05) is 13.8 Å². The van der Waals surface area contributed by atoms with Gasteiger partial charge in [0.25, 0.3) is 0 Å². The van der Waals surface area contributed by atoms with Gasteiger partial charge in [-0.05, 0) is 18.4 Å². The largest absolute Gasteiger partial charge is 0.321 e. The van der Waals surface area contributed by atoms with E-state index in [2.05, 4.69) is 0 Å². The second-order valence-electron chi connectivity index (χ2n) is 4.27. The lowest BCUT2D eigenvalue weighted by molar-refractivity contribution is 0.288. The van der Waals surface area contributed by atoms with Gasteiger partial charge in [-0.15, -0.1) is 0 Å². The summed E-state index contributed by atoms with van der Waals surface area (Å²) in [5.41, 5.74) is 5.11. The van der Waals surface area contributed by atoms with Crippen LogP contribution in [0.5, 0.6) is 0 Å². The smallest absolute Gasteiger partial charge is 0.194 e. The molecule has 16 heavy (non-hydrogen) atoms. The molecular formula is C12H16F3N. The molecule has 0 bridgehead atoms. The highest BCUT2D eigenvalue weighted by Gasteiger charge is 2.33. The van der Waals surface area contributed by atoms with Gasteiger partial charge in [0.15, 0.2) is 17.5 Å². The number of benzene rings is 1. The van der Waals surface area contributed by atoms with Crippen molar-refractivity contribution in [3.05, 3.63) is 35.1 Å². The number of rotatable bonds is 3.